The maximum absolute atomic E-state index is 10.6. The molecule has 0 bridgehead atoms. The molecule has 0 saturated heterocycles. The molecule has 0 fully saturated rings. The van der Waals surface area contributed by atoms with Crippen LogP contribution in [0.25, 0.3) is 0 Å². The number of hydrogen-bond donors (Lipinski definition) is 1. The summed E-state index contributed by atoms with van der Waals surface area (Å²) in [6, 6.07) is 13.0. The van der Waals surface area contributed by atoms with E-state index in [0.29, 0.717) is 16.5 Å². The highest BCUT2D eigenvalue weighted by Gasteiger charge is 2.07. The fourth-order valence-corrected chi connectivity index (χ4v) is 1.94. The topological polar surface area (TPSA) is 46.5 Å². The van der Waals surface area contributed by atoms with Crippen LogP contribution in [0.1, 0.15) is 15.2 Å². The van der Waals surface area contributed by atoms with Crippen molar-refractivity contribution in [3.63, 3.8) is 0 Å². The Morgan fingerprint density at radius 1 is 1.19 bits per heavy atom. The molecule has 0 radical (unpaired) electrons. The standard InChI is InChI=1S/C12H10O3S/c13-12(14)10-6-7-11(16-10)15-8-9-4-2-1-3-5-9/h1-7H,8H2,(H,13,14). The van der Waals surface area contributed by atoms with Crippen molar-refractivity contribution in [1.29, 1.82) is 0 Å². The van der Waals surface area contributed by atoms with Crippen molar-refractivity contribution >= 4 is 17.3 Å². The van der Waals surface area contributed by atoms with Crippen LogP contribution in [0.2, 0.25) is 0 Å². The van der Waals surface area contributed by atoms with Crippen LogP contribution in [0, 0.1) is 0 Å². The van der Waals surface area contributed by atoms with Crippen molar-refractivity contribution in [3.8, 4) is 5.06 Å². The molecule has 1 heterocycles. The van der Waals surface area contributed by atoms with Gasteiger partial charge in [-0.05, 0) is 17.7 Å². The van der Waals surface area contributed by atoms with Crippen LogP contribution in [0.15, 0.2) is 42.5 Å². The summed E-state index contributed by atoms with van der Waals surface area (Å²) < 4.78 is 5.48. The van der Waals surface area contributed by atoms with E-state index in [2.05, 4.69) is 0 Å². The Morgan fingerprint density at radius 2 is 1.94 bits per heavy atom. The third-order valence-electron chi connectivity index (χ3n) is 2.02. The first kappa shape index (κ1) is 10.7. The summed E-state index contributed by atoms with van der Waals surface area (Å²) in [5.74, 6) is -0.917. The van der Waals surface area contributed by atoms with Gasteiger partial charge in [0.2, 0.25) is 0 Å². The average molecular weight is 234 g/mol. The molecule has 0 atom stereocenters. The Morgan fingerprint density at radius 3 is 2.56 bits per heavy atom. The fourth-order valence-electron chi connectivity index (χ4n) is 1.24. The van der Waals surface area contributed by atoms with Crippen LogP contribution in [-0.4, -0.2) is 11.1 Å². The van der Waals surface area contributed by atoms with Gasteiger partial charge in [0.05, 0.1) is 0 Å². The van der Waals surface area contributed by atoms with Gasteiger partial charge in [-0.15, -0.1) is 0 Å². The fraction of sp³-hybridized carbons (Fsp3) is 0.0833. The Labute approximate surface area is 96.9 Å². The maximum Gasteiger partial charge on any atom is 0.345 e. The van der Waals surface area contributed by atoms with Crippen LogP contribution in [0.5, 0.6) is 5.06 Å². The molecule has 2 rings (SSSR count). The third-order valence-corrected chi connectivity index (χ3v) is 3.00. The van der Waals surface area contributed by atoms with Gasteiger partial charge < -0.3 is 9.84 Å². The van der Waals surface area contributed by atoms with Crippen molar-refractivity contribution < 1.29 is 14.6 Å². The van der Waals surface area contributed by atoms with E-state index in [9.17, 15) is 4.79 Å². The number of ether oxygens (including phenoxy) is 1. The van der Waals surface area contributed by atoms with E-state index in [1.165, 1.54) is 0 Å². The monoisotopic (exact) mass is 234 g/mol. The van der Waals surface area contributed by atoms with E-state index in [4.69, 9.17) is 9.84 Å². The summed E-state index contributed by atoms with van der Waals surface area (Å²) in [7, 11) is 0. The number of benzene rings is 1. The van der Waals surface area contributed by atoms with Crippen LogP contribution in [0.4, 0.5) is 0 Å². The SMILES string of the molecule is O=C(O)c1ccc(OCc2ccccc2)s1. The second kappa shape index (κ2) is 4.81. The smallest absolute Gasteiger partial charge is 0.345 e. The molecule has 0 spiro atoms. The molecule has 4 heteroatoms. The van der Waals surface area contributed by atoms with Crippen LogP contribution >= 0.6 is 11.3 Å². The molecule has 0 amide bonds. The summed E-state index contributed by atoms with van der Waals surface area (Å²) in [5, 5.41) is 9.36. The lowest BCUT2D eigenvalue weighted by atomic mass is 10.2. The summed E-state index contributed by atoms with van der Waals surface area (Å²) in [5.41, 5.74) is 1.06. The predicted molar refractivity (Wildman–Crippen MR) is 62.1 cm³/mol. The lowest BCUT2D eigenvalue weighted by Crippen LogP contribution is -1.93. The Kier molecular flexibility index (Phi) is 3.22. The van der Waals surface area contributed by atoms with Crippen molar-refractivity contribution in [3.05, 3.63) is 52.9 Å². The molecule has 3 nitrogen and oxygen atoms in total. The van der Waals surface area contributed by atoms with Crippen molar-refractivity contribution in [2.75, 3.05) is 0 Å². The van der Waals surface area contributed by atoms with Gasteiger partial charge in [-0.3, -0.25) is 0 Å². The molecule has 2 aromatic rings. The van der Waals surface area contributed by atoms with Gasteiger partial charge in [-0.25, -0.2) is 4.79 Å². The number of aromatic carboxylic acids is 1. The number of hydrogen-bond acceptors (Lipinski definition) is 3. The highest BCUT2D eigenvalue weighted by molar-refractivity contribution is 7.15. The molecular weight excluding hydrogens is 224 g/mol. The molecule has 0 aliphatic rings. The largest absolute Gasteiger partial charge is 0.479 e. The molecule has 1 aromatic heterocycles. The van der Waals surface area contributed by atoms with E-state index in [1.54, 1.807) is 12.1 Å². The zero-order chi connectivity index (χ0) is 11.4. The van der Waals surface area contributed by atoms with Gasteiger partial charge in [0.25, 0.3) is 0 Å². The van der Waals surface area contributed by atoms with Crippen molar-refractivity contribution in [2.45, 2.75) is 6.61 Å². The first-order valence-electron chi connectivity index (χ1n) is 4.75. The van der Waals surface area contributed by atoms with E-state index < -0.39 is 5.97 Å². The lowest BCUT2D eigenvalue weighted by molar-refractivity contribution is 0.0702. The lowest BCUT2D eigenvalue weighted by Gasteiger charge is -2.02. The molecule has 0 aliphatic heterocycles. The molecule has 0 saturated carbocycles. The molecule has 0 aliphatic carbocycles. The number of carbonyl (C=O) groups is 1. The highest BCUT2D eigenvalue weighted by Crippen LogP contribution is 2.25. The first-order chi connectivity index (χ1) is 7.75. The highest BCUT2D eigenvalue weighted by atomic mass is 32.1. The quantitative estimate of drug-likeness (QED) is 0.884. The molecule has 1 N–H and O–H groups in total. The molecule has 16 heavy (non-hydrogen) atoms. The van der Waals surface area contributed by atoms with Gasteiger partial charge in [0.15, 0.2) is 5.06 Å². The second-order valence-corrected chi connectivity index (χ2v) is 4.24. The number of carboxylic acids is 1. The minimum atomic E-state index is -0.917. The Bertz CT molecular complexity index is 476. The summed E-state index contributed by atoms with van der Waals surface area (Å²) in [4.78, 5) is 10.9. The number of carboxylic acid groups (broad SMARTS) is 1. The second-order valence-electron chi connectivity index (χ2n) is 3.20. The minimum Gasteiger partial charge on any atom is -0.479 e. The van der Waals surface area contributed by atoms with E-state index >= 15 is 0 Å². The van der Waals surface area contributed by atoms with Crippen molar-refractivity contribution in [2.24, 2.45) is 0 Å². The molecule has 0 unspecified atom stereocenters. The summed E-state index contributed by atoms with van der Waals surface area (Å²) in [6.07, 6.45) is 0. The van der Waals surface area contributed by atoms with Gasteiger partial charge in [0.1, 0.15) is 11.5 Å². The van der Waals surface area contributed by atoms with E-state index in [-0.39, 0.29) is 0 Å². The van der Waals surface area contributed by atoms with Gasteiger partial charge in [-0.2, -0.15) is 0 Å². The van der Waals surface area contributed by atoms with Crippen molar-refractivity contribution in [1.82, 2.24) is 0 Å². The zero-order valence-electron chi connectivity index (χ0n) is 8.42. The maximum atomic E-state index is 10.6. The normalized spacial score (nSPS) is 10.0. The number of rotatable bonds is 4. The van der Waals surface area contributed by atoms with Gasteiger partial charge in [-0.1, -0.05) is 41.7 Å². The Hall–Kier alpha value is -1.81. The van der Waals surface area contributed by atoms with Gasteiger partial charge >= 0.3 is 5.97 Å². The van der Waals surface area contributed by atoms with Crippen LogP contribution in [0.3, 0.4) is 0 Å². The number of thiophene rings is 1. The minimum absolute atomic E-state index is 0.295. The predicted octanol–water partition coefficient (Wildman–Crippen LogP) is 3.03. The average Bonchev–Trinajstić information content (AvgIpc) is 2.76. The van der Waals surface area contributed by atoms with E-state index in [1.807, 2.05) is 30.3 Å². The molecule has 82 valence electrons. The third kappa shape index (κ3) is 2.61. The molecular formula is C12H10O3S. The summed E-state index contributed by atoms with van der Waals surface area (Å²) in [6.45, 7) is 0.459. The first-order valence-corrected chi connectivity index (χ1v) is 5.57. The summed E-state index contributed by atoms with van der Waals surface area (Å²) >= 11 is 1.14. The van der Waals surface area contributed by atoms with Crippen LogP contribution < -0.4 is 4.74 Å². The van der Waals surface area contributed by atoms with Crippen LogP contribution in [-0.2, 0) is 6.61 Å². The van der Waals surface area contributed by atoms with E-state index in [0.717, 1.165) is 16.9 Å². The molecule has 1 aromatic carbocycles. The zero-order valence-corrected chi connectivity index (χ0v) is 9.24. The van der Waals surface area contributed by atoms with Gasteiger partial charge in [0, 0.05) is 0 Å². The Balaban J connectivity index is 1.97.